The molecular formula is C13H19NO. The summed E-state index contributed by atoms with van der Waals surface area (Å²) in [5, 5.41) is 3.43. The molecule has 2 rings (SSSR count). The topological polar surface area (TPSA) is 21.3 Å². The van der Waals surface area contributed by atoms with Crippen LogP contribution in [0, 0.1) is 5.92 Å². The monoisotopic (exact) mass is 205 g/mol. The number of rotatable bonds is 2. The molecule has 1 aliphatic heterocycles. The summed E-state index contributed by atoms with van der Waals surface area (Å²) in [6, 6.07) is 8.40. The van der Waals surface area contributed by atoms with Gasteiger partial charge in [-0.25, -0.2) is 0 Å². The zero-order valence-electron chi connectivity index (χ0n) is 9.49. The van der Waals surface area contributed by atoms with Crippen molar-refractivity contribution < 1.29 is 4.74 Å². The van der Waals surface area contributed by atoms with E-state index >= 15 is 0 Å². The average molecular weight is 205 g/mol. The van der Waals surface area contributed by atoms with E-state index in [9.17, 15) is 0 Å². The van der Waals surface area contributed by atoms with Crippen LogP contribution in [0.15, 0.2) is 24.3 Å². The van der Waals surface area contributed by atoms with Crippen LogP contribution in [0.2, 0.25) is 0 Å². The molecule has 0 spiro atoms. The SMILES string of the molecule is COc1ccccc1[C@@H]1CCNC[C@@H]1C. The highest BCUT2D eigenvalue weighted by molar-refractivity contribution is 5.36. The largest absolute Gasteiger partial charge is 0.496 e. The molecule has 0 aliphatic carbocycles. The van der Waals surface area contributed by atoms with Crippen LogP contribution in [-0.2, 0) is 0 Å². The molecule has 1 heterocycles. The van der Waals surface area contributed by atoms with Gasteiger partial charge in [0.1, 0.15) is 5.75 Å². The van der Waals surface area contributed by atoms with Crippen LogP contribution in [0.25, 0.3) is 0 Å². The standard InChI is InChI=1S/C13H19NO/c1-10-9-14-8-7-11(10)12-5-3-4-6-13(12)15-2/h3-6,10-11,14H,7-9H2,1-2H3/t10-,11+/m0/s1. The number of ether oxygens (including phenoxy) is 1. The van der Waals surface area contributed by atoms with Gasteiger partial charge in [0.25, 0.3) is 0 Å². The first-order valence-electron chi connectivity index (χ1n) is 5.66. The minimum Gasteiger partial charge on any atom is -0.496 e. The molecule has 2 atom stereocenters. The Balaban J connectivity index is 2.26. The van der Waals surface area contributed by atoms with Crippen molar-refractivity contribution in [1.82, 2.24) is 5.32 Å². The van der Waals surface area contributed by atoms with Gasteiger partial charge in [-0.2, -0.15) is 0 Å². The van der Waals surface area contributed by atoms with Gasteiger partial charge in [0.05, 0.1) is 7.11 Å². The number of nitrogens with one attached hydrogen (secondary N) is 1. The maximum absolute atomic E-state index is 5.43. The Morgan fingerprint density at radius 3 is 2.87 bits per heavy atom. The number of methoxy groups -OCH3 is 1. The van der Waals surface area contributed by atoms with E-state index in [4.69, 9.17) is 4.74 Å². The van der Waals surface area contributed by atoms with Crippen LogP contribution < -0.4 is 10.1 Å². The molecule has 1 fully saturated rings. The molecule has 0 radical (unpaired) electrons. The highest BCUT2D eigenvalue weighted by atomic mass is 16.5. The van der Waals surface area contributed by atoms with Gasteiger partial charge >= 0.3 is 0 Å². The van der Waals surface area contributed by atoms with Crippen LogP contribution in [0.4, 0.5) is 0 Å². The van der Waals surface area contributed by atoms with E-state index in [1.54, 1.807) is 7.11 Å². The summed E-state index contributed by atoms with van der Waals surface area (Å²) in [4.78, 5) is 0. The highest BCUT2D eigenvalue weighted by Gasteiger charge is 2.24. The van der Waals surface area contributed by atoms with Crippen molar-refractivity contribution in [2.75, 3.05) is 20.2 Å². The molecule has 1 saturated heterocycles. The van der Waals surface area contributed by atoms with Gasteiger partial charge in [0.2, 0.25) is 0 Å². The smallest absolute Gasteiger partial charge is 0.122 e. The molecule has 1 aromatic rings. The van der Waals surface area contributed by atoms with Crippen molar-refractivity contribution in [3.05, 3.63) is 29.8 Å². The summed E-state index contributed by atoms with van der Waals surface area (Å²) < 4.78 is 5.43. The highest BCUT2D eigenvalue weighted by Crippen LogP contribution is 2.35. The fourth-order valence-corrected chi connectivity index (χ4v) is 2.45. The number of para-hydroxylation sites is 1. The van der Waals surface area contributed by atoms with E-state index in [0.29, 0.717) is 11.8 Å². The fraction of sp³-hybridized carbons (Fsp3) is 0.538. The number of hydrogen-bond donors (Lipinski definition) is 1. The minimum atomic E-state index is 0.641. The minimum absolute atomic E-state index is 0.641. The molecule has 1 aliphatic rings. The first-order chi connectivity index (χ1) is 7.33. The molecule has 0 saturated carbocycles. The fourth-order valence-electron chi connectivity index (χ4n) is 2.45. The zero-order valence-corrected chi connectivity index (χ0v) is 9.49. The summed E-state index contributed by atoms with van der Waals surface area (Å²) in [5.74, 6) is 2.37. The third-order valence-corrected chi connectivity index (χ3v) is 3.32. The van der Waals surface area contributed by atoms with Gasteiger partial charge in [-0.15, -0.1) is 0 Å². The van der Waals surface area contributed by atoms with Gasteiger partial charge in [-0.05, 0) is 43.0 Å². The predicted octanol–water partition coefficient (Wildman–Crippen LogP) is 2.41. The van der Waals surface area contributed by atoms with E-state index in [0.717, 1.165) is 18.8 Å². The molecule has 2 heteroatoms. The summed E-state index contributed by atoms with van der Waals surface area (Å²) in [6.45, 7) is 4.54. The molecule has 0 unspecified atom stereocenters. The zero-order chi connectivity index (χ0) is 10.7. The van der Waals surface area contributed by atoms with Crippen molar-refractivity contribution >= 4 is 0 Å². The van der Waals surface area contributed by atoms with E-state index in [2.05, 4.69) is 30.4 Å². The summed E-state index contributed by atoms with van der Waals surface area (Å²) in [7, 11) is 1.75. The lowest BCUT2D eigenvalue weighted by atomic mass is 9.82. The quantitative estimate of drug-likeness (QED) is 0.800. The van der Waals surface area contributed by atoms with Crippen molar-refractivity contribution in [3.8, 4) is 5.75 Å². The van der Waals surface area contributed by atoms with Crippen LogP contribution in [0.1, 0.15) is 24.8 Å². The Labute approximate surface area is 91.6 Å². The number of hydrogen-bond acceptors (Lipinski definition) is 2. The molecule has 0 bridgehead atoms. The van der Waals surface area contributed by atoms with Crippen LogP contribution in [-0.4, -0.2) is 20.2 Å². The third kappa shape index (κ3) is 2.15. The second kappa shape index (κ2) is 4.67. The van der Waals surface area contributed by atoms with Gasteiger partial charge in [-0.3, -0.25) is 0 Å². The number of piperidine rings is 1. The molecule has 15 heavy (non-hydrogen) atoms. The Morgan fingerprint density at radius 2 is 2.13 bits per heavy atom. The summed E-state index contributed by atoms with van der Waals surface area (Å²) in [5.41, 5.74) is 1.37. The second-order valence-electron chi connectivity index (χ2n) is 4.32. The Hall–Kier alpha value is -1.02. The Kier molecular flexibility index (Phi) is 3.27. The summed E-state index contributed by atoms with van der Waals surface area (Å²) in [6.07, 6.45) is 1.21. The number of benzene rings is 1. The lowest BCUT2D eigenvalue weighted by molar-refractivity contribution is 0.334. The third-order valence-electron chi connectivity index (χ3n) is 3.32. The van der Waals surface area contributed by atoms with E-state index < -0.39 is 0 Å². The predicted molar refractivity (Wildman–Crippen MR) is 62.4 cm³/mol. The van der Waals surface area contributed by atoms with Gasteiger partial charge in [-0.1, -0.05) is 25.1 Å². The van der Waals surface area contributed by atoms with Gasteiger partial charge in [0.15, 0.2) is 0 Å². The molecule has 1 N–H and O–H groups in total. The van der Waals surface area contributed by atoms with Crippen LogP contribution in [0.5, 0.6) is 5.75 Å². The molecule has 82 valence electrons. The van der Waals surface area contributed by atoms with E-state index in [1.165, 1.54) is 12.0 Å². The average Bonchev–Trinajstić information content (AvgIpc) is 2.30. The van der Waals surface area contributed by atoms with Crippen molar-refractivity contribution in [1.29, 1.82) is 0 Å². The van der Waals surface area contributed by atoms with Crippen LogP contribution in [0.3, 0.4) is 0 Å². The molecule has 2 nitrogen and oxygen atoms in total. The summed E-state index contributed by atoms with van der Waals surface area (Å²) >= 11 is 0. The molecule has 0 aromatic heterocycles. The van der Waals surface area contributed by atoms with Crippen LogP contribution >= 0.6 is 0 Å². The molecular weight excluding hydrogens is 186 g/mol. The van der Waals surface area contributed by atoms with Crippen molar-refractivity contribution in [2.24, 2.45) is 5.92 Å². The lowest BCUT2D eigenvalue weighted by Gasteiger charge is -2.30. The molecule has 0 amide bonds. The maximum Gasteiger partial charge on any atom is 0.122 e. The van der Waals surface area contributed by atoms with E-state index in [1.807, 2.05) is 6.07 Å². The van der Waals surface area contributed by atoms with Gasteiger partial charge < -0.3 is 10.1 Å². The first-order valence-corrected chi connectivity index (χ1v) is 5.66. The first kappa shape index (κ1) is 10.5. The Bertz CT molecular complexity index is 324. The normalized spacial score (nSPS) is 26.3. The second-order valence-corrected chi connectivity index (χ2v) is 4.32. The van der Waals surface area contributed by atoms with Crippen molar-refractivity contribution in [2.45, 2.75) is 19.3 Å². The maximum atomic E-state index is 5.43. The molecule has 1 aromatic carbocycles. The van der Waals surface area contributed by atoms with E-state index in [-0.39, 0.29) is 0 Å². The van der Waals surface area contributed by atoms with Gasteiger partial charge in [0, 0.05) is 0 Å². The Morgan fingerprint density at radius 1 is 1.33 bits per heavy atom. The lowest BCUT2D eigenvalue weighted by Crippen LogP contribution is -2.33. The van der Waals surface area contributed by atoms with Crippen molar-refractivity contribution in [3.63, 3.8) is 0 Å².